The molecule has 0 spiro atoms. The molecule has 0 saturated carbocycles. The van der Waals surface area contributed by atoms with Crippen molar-refractivity contribution in [2.45, 2.75) is 0 Å². The molecule has 6 nitrogen and oxygen atoms in total. The quantitative estimate of drug-likeness (QED) is 0.268. The van der Waals surface area contributed by atoms with Gasteiger partial charge in [-0.3, -0.25) is 0 Å². The van der Waals surface area contributed by atoms with E-state index < -0.39 is 12.3 Å². The van der Waals surface area contributed by atoms with Gasteiger partial charge in [0, 0.05) is 11.6 Å². The van der Waals surface area contributed by atoms with Gasteiger partial charge < -0.3 is 18.9 Å². The van der Waals surface area contributed by atoms with Gasteiger partial charge in [0.1, 0.15) is 23.0 Å². The van der Waals surface area contributed by atoms with E-state index in [1.165, 1.54) is 6.07 Å². The lowest BCUT2D eigenvalue weighted by atomic mass is 10.0. The zero-order valence-corrected chi connectivity index (χ0v) is 16.8. The molecule has 6 heteroatoms. The van der Waals surface area contributed by atoms with Crippen molar-refractivity contribution in [1.29, 1.82) is 0 Å². The van der Waals surface area contributed by atoms with E-state index in [9.17, 15) is 9.59 Å². The Hall–Kier alpha value is -4.58. The van der Waals surface area contributed by atoms with E-state index in [0.29, 0.717) is 17.1 Å². The number of ether oxygens (including phenoxy) is 4. The maximum Gasteiger partial charge on any atom is 0.519 e. The molecule has 0 amide bonds. The number of hydrogen-bond acceptors (Lipinski definition) is 6. The molecule has 0 heterocycles. The van der Waals surface area contributed by atoms with Crippen LogP contribution in [0.15, 0.2) is 109 Å². The lowest BCUT2D eigenvalue weighted by Crippen LogP contribution is -2.15. The molecule has 0 aromatic heterocycles. The minimum Gasteiger partial charge on any atom is -0.395 e. The molecule has 0 N–H and O–H groups in total. The molecular formula is C26H18O6. The molecule has 158 valence electrons. The molecule has 0 aliphatic carbocycles. The minimum atomic E-state index is -0.919. The Labute approximate surface area is 184 Å². The van der Waals surface area contributed by atoms with Crippen LogP contribution >= 0.6 is 0 Å². The molecule has 32 heavy (non-hydrogen) atoms. The molecule has 0 aliphatic heterocycles. The monoisotopic (exact) mass is 426 g/mol. The zero-order chi connectivity index (χ0) is 22.2. The van der Waals surface area contributed by atoms with Gasteiger partial charge in [-0.2, -0.15) is 0 Å². The van der Waals surface area contributed by atoms with E-state index in [2.05, 4.69) is 0 Å². The summed E-state index contributed by atoms with van der Waals surface area (Å²) in [5.74, 6) is 1.01. The number of benzene rings is 4. The molecule has 0 radical (unpaired) electrons. The van der Waals surface area contributed by atoms with E-state index in [1.807, 2.05) is 30.3 Å². The third kappa shape index (κ3) is 5.52. The standard InChI is InChI=1S/C26H18O6/c27-25(29-20-12-6-2-7-13-20)31-22-16-17-23(19-10-4-1-5-11-19)24(18-22)32-26(28)30-21-14-8-3-9-15-21/h1-18H. The number of carbonyl (C=O) groups excluding carboxylic acids is 2. The number of carbonyl (C=O) groups is 2. The first-order valence-corrected chi connectivity index (χ1v) is 9.76. The first kappa shape index (κ1) is 20.7. The second-order valence-corrected chi connectivity index (χ2v) is 6.56. The van der Waals surface area contributed by atoms with Crippen molar-refractivity contribution in [3.8, 4) is 34.1 Å². The van der Waals surface area contributed by atoms with Crippen LogP contribution in [0, 0.1) is 0 Å². The normalized spacial score (nSPS) is 10.1. The summed E-state index contributed by atoms with van der Waals surface area (Å²) in [6.45, 7) is 0. The van der Waals surface area contributed by atoms with Crippen molar-refractivity contribution < 1.29 is 28.5 Å². The number of rotatable bonds is 5. The summed E-state index contributed by atoms with van der Waals surface area (Å²) in [5.41, 5.74) is 1.44. The van der Waals surface area contributed by atoms with Crippen LogP contribution in [0.25, 0.3) is 11.1 Å². The SMILES string of the molecule is O=C(Oc1ccccc1)Oc1ccc(-c2ccccc2)c(OC(=O)Oc2ccccc2)c1. The molecule has 0 unspecified atom stereocenters. The van der Waals surface area contributed by atoms with Crippen molar-refractivity contribution in [2.75, 3.05) is 0 Å². The summed E-state index contributed by atoms with van der Waals surface area (Å²) >= 11 is 0. The van der Waals surface area contributed by atoms with Crippen LogP contribution in [0.1, 0.15) is 0 Å². The summed E-state index contributed by atoms with van der Waals surface area (Å²) in [7, 11) is 0. The fraction of sp³-hybridized carbons (Fsp3) is 0. The molecule has 0 fully saturated rings. The van der Waals surface area contributed by atoms with Crippen molar-refractivity contribution in [2.24, 2.45) is 0 Å². The summed E-state index contributed by atoms with van der Waals surface area (Å²) in [5, 5.41) is 0. The third-order valence-corrected chi connectivity index (χ3v) is 4.32. The van der Waals surface area contributed by atoms with Crippen LogP contribution in [0.3, 0.4) is 0 Å². The minimum absolute atomic E-state index is 0.146. The Bertz CT molecular complexity index is 1190. The average molecular weight is 426 g/mol. The predicted molar refractivity (Wildman–Crippen MR) is 118 cm³/mol. The van der Waals surface area contributed by atoms with Crippen LogP contribution in [0.2, 0.25) is 0 Å². The van der Waals surface area contributed by atoms with Crippen LogP contribution < -0.4 is 18.9 Å². The van der Waals surface area contributed by atoms with E-state index in [4.69, 9.17) is 18.9 Å². The van der Waals surface area contributed by atoms with Gasteiger partial charge in [-0.25, -0.2) is 9.59 Å². The zero-order valence-electron chi connectivity index (χ0n) is 16.8. The Morgan fingerprint density at radius 3 is 1.50 bits per heavy atom. The van der Waals surface area contributed by atoms with Gasteiger partial charge in [-0.1, -0.05) is 66.7 Å². The molecule has 4 rings (SSSR count). The van der Waals surface area contributed by atoms with Crippen molar-refractivity contribution >= 4 is 12.3 Å². The van der Waals surface area contributed by atoms with Crippen molar-refractivity contribution in [1.82, 2.24) is 0 Å². The highest BCUT2D eigenvalue weighted by Gasteiger charge is 2.16. The molecule has 0 atom stereocenters. The predicted octanol–water partition coefficient (Wildman–Crippen LogP) is 6.51. The van der Waals surface area contributed by atoms with Gasteiger partial charge in [0.2, 0.25) is 0 Å². The van der Waals surface area contributed by atoms with E-state index >= 15 is 0 Å². The first-order valence-electron chi connectivity index (χ1n) is 9.76. The molecule has 4 aromatic rings. The second kappa shape index (κ2) is 9.95. The van der Waals surface area contributed by atoms with Gasteiger partial charge in [0.05, 0.1) is 0 Å². The smallest absolute Gasteiger partial charge is 0.395 e. The van der Waals surface area contributed by atoms with E-state index in [-0.39, 0.29) is 11.5 Å². The van der Waals surface area contributed by atoms with Gasteiger partial charge in [-0.15, -0.1) is 0 Å². The van der Waals surface area contributed by atoms with Crippen LogP contribution in [-0.4, -0.2) is 12.3 Å². The van der Waals surface area contributed by atoms with Gasteiger partial charge >= 0.3 is 12.3 Å². The molecule has 0 aliphatic rings. The largest absolute Gasteiger partial charge is 0.519 e. The highest BCUT2D eigenvalue weighted by Crippen LogP contribution is 2.34. The Kier molecular flexibility index (Phi) is 6.43. The van der Waals surface area contributed by atoms with Gasteiger partial charge in [0.15, 0.2) is 0 Å². The summed E-state index contributed by atoms with van der Waals surface area (Å²) < 4.78 is 21.1. The highest BCUT2D eigenvalue weighted by molar-refractivity contribution is 5.77. The Balaban J connectivity index is 1.55. The average Bonchev–Trinajstić information content (AvgIpc) is 2.81. The molecule has 4 aromatic carbocycles. The molecule has 0 saturated heterocycles. The maximum absolute atomic E-state index is 12.4. The lowest BCUT2D eigenvalue weighted by molar-refractivity contribution is 0.150. The van der Waals surface area contributed by atoms with Crippen LogP contribution in [0.4, 0.5) is 9.59 Å². The topological polar surface area (TPSA) is 71.1 Å². The Morgan fingerprint density at radius 2 is 0.938 bits per heavy atom. The first-order chi connectivity index (χ1) is 15.7. The van der Waals surface area contributed by atoms with Gasteiger partial charge in [0.25, 0.3) is 0 Å². The molecule has 0 bridgehead atoms. The van der Waals surface area contributed by atoms with Crippen molar-refractivity contribution in [3.63, 3.8) is 0 Å². The second-order valence-electron chi connectivity index (χ2n) is 6.56. The summed E-state index contributed by atoms with van der Waals surface area (Å²) in [4.78, 5) is 24.5. The lowest BCUT2D eigenvalue weighted by Gasteiger charge is -2.12. The van der Waals surface area contributed by atoms with E-state index in [1.54, 1.807) is 72.8 Å². The fourth-order valence-corrected chi connectivity index (χ4v) is 2.90. The fourth-order valence-electron chi connectivity index (χ4n) is 2.90. The molecular weight excluding hydrogens is 408 g/mol. The third-order valence-electron chi connectivity index (χ3n) is 4.32. The van der Waals surface area contributed by atoms with Gasteiger partial charge in [-0.05, 0) is 42.0 Å². The van der Waals surface area contributed by atoms with Crippen LogP contribution in [-0.2, 0) is 0 Å². The maximum atomic E-state index is 12.4. The highest BCUT2D eigenvalue weighted by atomic mass is 16.7. The van der Waals surface area contributed by atoms with Crippen molar-refractivity contribution in [3.05, 3.63) is 109 Å². The van der Waals surface area contributed by atoms with E-state index in [0.717, 1.165) is 5.56 Å². The van der Waals surface area contributed by atoms with Crippen LogP contribution in [0.5, 0.6) is 23.0 Å². The summed E-state index contributed by atoms with van der Waals surface area (Å²) in [6, 6.07) is 31.2. The number of para-hydroxylation sites is 2. The number of hydrogen-bond donors (Lipinski definition) is 0. The summed E-state index contributed by atoms with van der Waals surface area (Å²) in [6.07, 6.45) is -1.83. The Morgan fingerprint density at radius 1 is 0.469 bits per heavy atom.